The zero-order valence-electron chi connectivity index (χ0n) is 9.87. The van der Waals surface area contributed by atoms with Gasteiger partial charge in [-0.1, -0.05) is 41.4 Å². The minimum atomic E-state index is 0.495. The summed E-state index contributed by atoms with van der Waals surface area (Å²) in [6, 6.07) is 12.1. The number of anilines is 1. The predicted molar refractivity (Wildman–Crippen MR) is 75.7 cm³/mol. The molecule has 0 unspecified atom stereocenters. The Labute approximate surface area is 110 Å². The third-order valence-corrected chi connectivity index (χ3v) is 3.36. The first kappa shape index (κ1) is 11.1. The van der Waals surface area contributed by atoms with E-state index in [1.165, 1.54) is 5.56 Å². The lowest BCUT2D eigenvalue weighted by molar-refractivity contribution is 1.13. The van der Waals surface area contributed by atoms with Gasteiger partial charge in [-0.25, -0.2) is 0 Å². The second-order valence-corrected chi connectivity index (χ2v) is 4.76. The number of hydrogen-bond acceptors (Lipinski definition) is 2. The van der Waals surface area contributed by atoms with Crippen molar-refractivity contribution >= 4 is 28.3 Å². The van der Waals surface area contributed by atoms with Crippen molar-refractivity contribution in [3.63, 3.8) is 0 Å². The SMILES string of the molecule is Cc1ccc(-c2cc3c(N)n[nH]c3cc2Cl)cc1. The van der Waals surface area contributed by atoms with E-state index in [-0.39, 0.29) is 0 Å². The molecule has 0 aliphatic rings. The van der Waals surface area contributed by atoms with Gasteiger partial charge in [0.15, 0.2) is 5.82 Å². The van der Waals surface area contributed by atoms with Crippen molar-refractivity contribution in [2.75, 3.05) is 5.73 Å². The molecule has 1 heterocycles. The Kier molecular flexibility index (Phi) is 2.49. The van der Waals surface area contributed by atoms with Crippen molar-refractivity contribution in [3.05, 3.63) is 47.0 Å². The van der Waals surface area contributed by atoms with Crippen LogP contribution in [0.25, 0.3) is 22.0 Å². The summed E-state index contributed by atoms with van der Waals surface area (Å²) in [7, 11) is 0. The molecule has 0 bridgehead atoms. The Morgan fingerprint density at radius 2 is 1.89 bits per heavy atom. The minimum absolute atomic E-state index is 0.495. The smallest absolute Gasteiger partial charge is 0.153 e. The number of rotatable bonds is 1. The number of nitrogens with one attached hydrogen (secondary N) is 1. The number of halogens is 1. The quantitative estimate of drug-likeness (QED) is 0.697. The number of nitrogens with zero attached hydrogens (tertiary/aromatic N) is 1. The molecule has 3 N–H and O–H groups in total. The number of aromatic nitrogens is 2. The molecule has 3 nitrogen and oxygen atoms in total. The fourth-order valence-corrected chi connectivity index (χ4v) is 2.29. The van der Waals surface area contributed by atoms with Crippen LogP contribution in [0.3, 0.4) is 0 Å². The molecule has 0 spiro atoms. The highest BCUT2D eigenvalue weighted by Crippen LogP contribution is 2.33. The molecule has 3 rings (SSSR count). The summed E-state index contributed by atoms with van der Waals surface area (Å²) in [5.41, 5.74) is 9.93. The van der Waals surface area contributed by atoms with Gasteiger partial charge in [0.05, 0.1) is 10.5 Å². The summed E-state index contributed by atoms with van der Waals surface area (Å²) in [4.78, 5) is 0. The number of fused-ring (bicyclic) bond motifs is 1. The van der Waals surface area contributed by atoms with Crippen molar-refractivity contribution in [2.45, 2.75) is 6.92 Å². The zero-order valence-corrected chi connectivity index (χ0v) is 10.6. The van der Waals surface area contributed by atoms with E-state index in [1.807, 2.05) is 12.1 Å². The Morgan fingerprint density at radius 3 is 2.61 bits per heavy atom. The lowest BCUT2D eigenvalue weighted by atomic mass is 10.0. The van der Waals surface area contributed by atoms with Crippen molar-refractivity contribution in [3.8, 4) is 11.1 Å². The summed E-state index contributed by atoms with van der Waals surface area (Å²) >= 11 is 6.30. The van der Waals surface area contributed by atoms with Crippen LogP contribution in [0.5, 0.6) is 0 Å². The minimum Gasteiger partial charge on any atom is -0.382 e. The maximum atomic E-state index is 6.30. The Bertz CT molecular complexity index is 714. The van der Waals surface area contributed by atoms with Gasteiger partial charge in [0, 0.05) is 10.9 Å². The monoisotopic (exact) mass is 257 g/mol. The van der Waals surface area contributed by atoms with Gasteiger partial charge in [0.1, 0.15) is 0 Å². The second-order valence-electron chi connectivity index (χ2n) is 4.35. The highest BCUT2D eigenvalue weighted by atomic mass is 35.5. The first-order chi connectivity index (χ1) is 8.65. The van der Waals surface area contributed by atoms with Gasteiger partial charge in [-0.05, 0) is 24.6 Å². The topological polar surface area (TPSA) is 54.7 Å². The van der Waals surface area contributed by atoms with Crippen LogP contribution in [-0.2, 0) is 0 Å². The van der Waals surface area contributed by atoms with E-state index < -0.39 is 0 Å². The van der Waals surface area contributed by atoms with Crippen LogP contribution < -0.4 is 5.73 Å². The van der Waals surface area contributed by atoms with Crippen LogP contribution in [0.2, 0.25) is 5.02 Å². The van der Waals surface area contributed by atoms with Crippen molar-refractivity contribution in [1.29, 1.82) is 0 Å². The third-order valence-electron chi connectivity index (χ3n) is 3.04. The van der Waals surface area contributed by atoms with Crippen molar-refractivity contribution in [1.82, 2.24) is 10.2 Å². The molecule has 4 heteroatoms. The molecule has 1 aromatic heterocycles. The van der Waals surface area contributed by atoms with E-state index in [0.717, 1.165) is 22.0 Å². The molecule has 0 radical (unpaired) electrons. The molecular formula is C14H12ClN3. The normalized spacial score (nSPS) is 11.0. The number of aryl methyl sites for hydroxylation is 1. The molecule has 0 aliphatic carbocycles. The summed E-state index contributed by atoms with van der Waals surface area (Å²) in [6.07, 6.45) is 0. The Balaban J connectivity index is 2.24. The highest BCUT2D eigenvalue weighted by Gasteiger charge is 2.09. The van der Waals surface area contributed by atoms with Crippen LogP contribution >= 0.6 is 11.6 Å². The standard InChI is InChI=1S/C14H12ClN3/c1-8-2-4-9(5-3-8)10-6-11-13(7-12(10)15)17-18-14(11)16/h2-7H,1H3,(H3,16,17,18). The summed E-state index contributed by atoms with van der Waals surface area (Å²) in [5.74, 6) is 0.495. The lowest BCUT2D eigenvalue weighted by Gasteiger charge is -2.05. The molecule has 0 fully saturated rings. The van der Waals surface area contributed by atoms with E-state index in [0.29, 0.717) is 10.8 Å². The van der Waals surface area contributed by atoms with Crippen molar-refractivity contribution in [2.24, 2.45) is 0 Å². The molecule has 0 saturated carbocycles. The lowest BCUT2D eigenvalue weighted by Crippen LogP contribution is -1.85. The van der Waals surface area contributed by atoms with E-state index in [2.05, 4.69) is 41.4 Å². The predicted octanol–water partition coefficient (Wildman–Crippen LogP) is 3.77. The Morgan fingerprint density at radius 1 is 1.17 bits per heavy atom. The maximum Gasteiger partial charge on any atom is 0.153 e. The van der Waals surface area contributed by atoms with Crippen molar-refractivity contribution < 1.29 is 0 Å². The molecule has 0 aliphatic heterocycles. The molecule has 0 saturated heterocycles. The average Bonchev–Trinajstić information content (AvgIpc) is 2.71. The highest BCUT2D eigenvalue weighted by molar-refractivity contribution is 6.34. The first-order valence-corrected chi connectivity index (χ1v) is 6.03. The fraction of sp³-hybridized carbons (Fsp3) is 0.0714. The number of H-pyrrole nitrogens is 1. The number of hydrogen-bond donors (Lipinski definition) is 2. The third kappa shape index (κ3) is 1.73. The summed E-state index contributed by atoms with van der Waals surface area (Å²) < 4.78 is 0. The van der Waals surface area contributed by atoms with E-state index >= 15 is 0 Å². The average molecular weight is 258 g/mol. The van der Waals surface area contributed by atoms with Gasteiger partial charge in [-0.3, -0.25) is 5.10 Å². The van der Waals surface area contributed by atoms with Gasteiger partial charge >= 0.3 is 0 Å². The van der Waals surface area contributed by atoms with E-state index in [1.54, 1.807) is 0 Å². The van der Waals surface area contributed by atoms with E-state index in [4.69, 9.17) is 17.3 Å². The van der Waals surface area contributed by atoms with Crippen LogP contribution in [0, 0.1) is 6.92 Å². The fourth-order valence-electron chi connectivity index (χ4n) is 2.01. The van der Waals surface area contributed by atoms with Crippen LogP contribution in [0.1, 0.15) is 5.56 Å². The molecule has 0 amide bonds. The van der Waals surface area contributed by atoms with Gasteiger partial charge in [-0.15, -0.1) is 0 Å². The van der Waals surface area contributed by atoms with E-state index in [9.17, 15) is 0 Å². The Hall–Kier alpha value is -2.00. The van der Waals surface area contributed by atoms with Gasteiger partial charge in [-0.2, -0.15) is 5.10 Å². The summed E-state index contributed by atoms with van der Waals surface area (Å²) in [5, 5.41) is 8.42. The molecule has 3 aromatic rings. The maximum absolute atomic E-state index is 6.30. The molecule has 18 heavy (non-hydrogen) atoms. The molecule has 2 aromatic carbocycles. The number of aromatic amines is 1. The largest absolute Gasteiger partial charge is 0.382 e. The molecule has 0 atom stereocenters. The van der Waals surface area contributed by atoms with Crippen LogP contribution in [0.15, 0.2) is 36.4 Å². The number of nitrogens with two attached hydrogens (primary N) is 1. The first-order valence-electron chi connectivity index (χ1n) is 5.65. The van der Waals surface area contributed by atoms with Gasteiger partial charge in [0.25, 0.3) is 0 Å². The van der Waals surface area contributed by atoms with Crippen LogP contribution in [0.4, 0.5) is 5.82 Å². The van der Waals surface area contributed by atoms with Gasteiger partial charge in [0.2, 0.25) is 0 Å². The second kappa shape index (κ2) is 4.03. The zero-order chi connectivity index (χ0) is 12.7. The van der Waals surface area contributed by atoms with Gasteiger partial charge < -0.3 is 5.73 Å². The number of benzene rings is 2. The number of nitrogen functional groups attached to an aromatic ring is 1. The summed E-state index contributed by atoms with van der Waals surface area (Å²) in [6.45, 7) is 2.06. The molecular weight excluding hydrogens is 246 g/mol. The molecule has 90 valence electrons. The van der Waals surface area contributed by atoms with Crippen LogP contribution in [-0.4, -0.2) is 10.2 Å².